The lowest BCUT2D eigenvalue weighted by atomic mass is 9.92. The number of aromatic nitrogens is 1. The molecule has 0 unspecified atom stereocenters. The van der Waals surface area contributed by atoms with Gasteiger partial charge in [-0.3, -0.25) is 4.90 Å². The summed E-state index contributed by atoms with van der Waals surface area (Å²) in [4.78, 5) is 18.3. The molecule has 2 fully saturated rings. The van der Waals surface area contributed by atoms with E-state index in [-0.39, 0.29) is 29.8 Å². The van der Waals surface area contributed by atoms with E-state index in [0.29, 0.717) is 23.3 Å². The van der Waals surface area contributed by atoms with Gasteiger partial charge in [-0.2, -0.15) is 26.3 Å². The highest BCUT2D eigenvalue weighted by Gasteiger charge is 2.51. The van der Waals surface area contributed by atoms with Crippen molar-refractivity contribution in [2.45, 2.75) is 49.8 Å². The van der Waals surface area contributed by atoms with Crippen LogP contribution in [0.3, 0.4) is 0 Å². The summed E-state index contributed by atoms with van der Waals surface area (Å²) in [5.41, 5.74) is -2.69. The largest absolute Gasteiger partial charge is 0.481 e. The zero-order valence-electron chi connectivity index (χ0n) is 20.6. The van der Waals surface area contributed by atoms with Gasteiger partial charge in [0.25, 0.3) is 6.43 Å². The molecule has 1 aromatic heterocycles. The maximum absolute atomic E-state index is 13.7. The van der Waals surface area contributed by atoms with Gasteiger partial charge in [-0.1, -0.05) is 6.07 Å². The number of halogens is 8. The van der Waals surface area contributed by atoms with Crippen LogP contribution in [0.25, 0.3) is 11.1 Å². The van der Waals surface area contributed by atoms with Crippen molar-refractivity contribution in [1.82, 2.24) is 9.88 Å². The Kier molecular flexibility index (Phi) is 6.87. The number of rotatable bonds is 5. The Labute approximate surface area is 222 Å². The molecule has 2 aliphatic rings. The molecule has 212 valence electrons. The lowest BCUT2D eigenvalue weighted by Crippen LogP contribution is -2.31. The number of carbonyl (C=O) groups is 1. The molecule has 2 aliphatic heterocycles. The van der Waals surface area contributed by atoms with Crippen LogP contribution < -0.4 is 4.74 Å². The fraction of sp³-hybridized carbons (Fsp3) is 0.333. The summed E-state index contributed by atoms with van der Waals surface area (Å²) in [6.45, 7) is 0. The van der Waals surface area contributed by atoms with Crippen LogP contribution in [0.1, 0.15) is 59.2 Å². The Hall–Kier alpha value is -3.90. The summed E-state index contributed by atoms with van der Waals surface area (Å²) < 4.78 is 119. The second kappa shape index (κ2) is 9.93. The number of carbonyl (C=O) groups excluding carboxylic acids is 1. The van der Waals surface area contributed by atoms with E-state index in [1.54, 1.807) is 12.1 Å². The molecule has 3 aromatic rings. The average molecular weight is 572 g/mol. The van der Waals surface area contributed by atoms with E-state index in [9.17, 15) is 39.9 Å². The predicted molar refractivity (Wildman–Crippen MR) is 124 cm³/mol. The fourth-order valence-electron chi connectivity index (χ4n) is 5.39. The summed E-state index contributed by atoms with van der Waals surface area (Å²) >= 11 is 0. The molecule has 1 amide bonds. The molecule has 0 spiro atoms. The van der Waals surface area contributed by atoms with Crippen molar-refractivity contribution in [3.05, 3.63) is 82.5 Å². The second-order valence-electron chi connectivity index (χ2n) is 9.42. The number of methoxy groups -OCH3 is 1. The van der Waals surface area contributed by atoms with Gasteiger partial charge in [0.15, 0.2) is 0 Å². The first kappa shape index (κ1) is 27.7. The topological polar surface area (TPSA) is 51.7 Å². The van der Waals surface area contributed by atoms with Crippen molar-refractivity contribution in [2.75, 3.05) is 7.11 Å². The lowest BCUT2D eigenvalue weighted by molar-refractivity contribution is -0.138. The van der Waals surface area contributed by atoms with Crippen LogP contribution in [0, 0.1) is 0 Å². The van der Waals surface area contributed by atoms with Crippen LogP contribution >= 0.6 is 0 Å². The Morgan fingerprint density at radius 1 is 0.950 bits per heavy atom. The molecule has 5 rings (SSSR count). The molecule has 0 N–H and O–H groups in total. The normalized spacial score (nSPS) is 21.1. The molecule has 13 heteroatoms. The summed E-state index contributed by atoms with van der Waals surface area (Å²) in [6.07, 6.45) is -13.4. The van der Waals surface area contributed by atoms with Crippen LogP contribution in [0.2, 0.25) is 0 Å². The highest BCUT2D eigenvalue weighted by molar-refractivity contribution is 5.76. The van der Waals surface area contributed by atoms with E-state index in [4.69, 9.17) is 9.47 Å². The molecular weight excluding hydrogens is 552 g/mol. The minimum atomic E-state index is -4.93. The smallest absolute Gasteiger partial charge is 0.416 e. The molecule has 0 aliphatic carbocycles. The van der Waals surface area contributed by atoms with Crippen molar-refractivity contribution in [2.24, 2.45) is 0 Å². The van der Waals surface area contributed by atoms with E-state index in [0.717, 1.165) is 18.2 Å². The number of fused-ring (bicyclic) bond motifs is 1. The number of amides is 1. The summed E-state index contributed by atoms with van der Waals surface area (Å²) in [5, 5.41) is 0. The average Bonchev–Trinajstić information content (AvgIpc) is 3.48. The number of hydrogen-bond donors (Lipinski definition) is 0. The van der Waals surface area contributed by atoms with Gasteiger partial charge in [0.05, 0.1) is 30.3 Å². The molecule has 5 nitrogen and oxygen atoms in total. The third-order valence-corrected chi connectivity index (χ3v) is 7.10. The summed E-state index contributed by atoms with van der Waals surface area (Å²) in [6, 6.07) is 6.17. The number of benzene rings is 2. The molecule has 2 aromatic carbocycles. The van der Waals surface area contributed by atoms with Gasteiger partial charge in [-0.25, -0.2) is 18.6 Å². The minimum Gasteiger partial charge on any atom is -0.481 e. The van der Waals surface area contributed by atoms with Gasteiger partial charge in [0.2, 0.25) is 5.88 Å². The first-order chi connectivity index (χ1) is 18.8. The summed E-state index contributed by atoms with van der Waals surface area (Å²) in [5.74, 6) is 0.128. The molecule has 40 heavy (non-hydrogen) atoms. The monoisotopic (exact) mass is 572 g/mol. The molecule has 2 saturated heterocycles. The number of hydrogen-bond acceptors (Lipinski definition) is 4. The summed E-state index contributed by atoms with van der Waals surface area (Å²) in [7, 11) is 1.34. The van der Waals surface area contributed by atoms with Gasteiger partial charge < -0.3 is 9.47 Å². The standard InChI is InChI=1S/C27H20F8N2O3/c1-39-24-18(3-2-8-36-24)17-5-4-15(26(30,31)32)12-19(17)20-6-7-21-22(40-25(38)37(20)21)13-9-14(23(28)29)11-16(10-13)27(33,34)35/h2-5,8-12,20-23H,6-7H2,1H3/t20-,21-,22+/m0/s1. The van der Waals surface area contributed by atoms with Crippen LogP contribution in [-0.4, -0.2) is 29.1 Å². The van der Waals surface area contributed by atoms with E-state index in [1.807, 2.05) is 0 Å². The number of ether oxygens (including phenoxy) is 2. The molecule has 3 heterocycles. The Morgan fingerprint density at radius 2 is 1.68 bits per heavy atom. The maximum atomic E-state index is 13.7. The Morgan fingerprint density at radius 3 is 2.33 bits per heavy atom. The Bertz CT molecular complexity index is 1440. The predicted octanol–water partition coefficient (Wildman–Crippen LogP) is 8.13. The minimum absolute atomic E-state index is 0.110. The van der Waals surface area contributed by atoms with Crippen molar-refractivity contribution < 1.29 is 49.4 Å². The van der Waals surface area contributed by atoms with E-state index >= 15 is 0 Å². The van der Waals surface area contributed by atoms with Crippen molar-refractivity contribution in [1.29, 1.82) is 0 Å². The van der Waals surface area contributed by atoms with E-state index in [2.05, 4.69) is 4.98 Å². The van der Waals surface area contributed by atoms with Crippen molar-refractivity contribution >= 4 is 6.09 Å². The number of nitrogens with zero attached hydrogens (tertiary/aromatic N) is 2. The first-order valence-electron chi connectivity index (χ1n) is 12.0. The third kappa shape index (κ3) is 4.92. The van der Waals surface area contributed by atoms with E-state index in [1.165, 1.54) is 24.3 Å². The number of pyridine rings is 1. The van der Waals surface area contributed by atoms with Crippen LogP contribution in [0.15, 0.2) is 54.7 Å². The highest BCUT2D eigenvalue weighted by atomic mass is 19.4. The van der Waals surface area contributed by atoms with Crippen LogP contribution in [0.4, 0.5) is 39.9 Å². The van der Waals surface area contributed by atoms with Gasteiger partial charge >= 0.3 is 18.4 Å². The first-order valence-corrected chi connectivity index (χ1v) is 12.0. The van der Waals surface area contributed by atoms with Crippen molar-refractivity contribution in [3.8, 4) is 17.0 Å². The molecular formula is C27H20F8N2O3. The molecule has 0 bridgehead atoms. The fourth-order valence-corrected chi connectivity index (χ4v) is 5.39. The maximum Gasteiger partial charge on any atom is 0.416 e. The zero-order valence-corrected chi connectivity index (χ0v) is 20.6. The number of cyclic esters (lactones) is 1. The van der Waals surface area contributed by atoms with E-state index < -0.39 is 59.7 Å². The Balaban J connectivity index is 1.59. The number of alkyl halides is 8. The van der Waals surface area contributed by atoms with Crippen LogP contribution in [0.5, 0.6) is 5.88 Å². The van der Waals surface area contributed by atoms with Gasteiger partial charge in [0.1, 0.15) is 6.10 Å². The lowest BCUT2D eigenvalue weighted by Gasteiger charge is -2.26. The quantitative estimate of drug-likeness (QED) is 0.290. The van der Waals surface area contributed by atoms with Gasteiger partial charge in [-0.05, 0) is 72.0 Å². The highest BCUT2D eigenvalue weighted by Crippen LogP contribution is 2.51. The van der Waals surface area contributed by atoms with Crippen molar-refractivity contribution in [3.63, 3.8) is 0 Å². The second-order valence-corrected chi connectivity index (χ2v) is 9.42. The van der Waals surface area contributed by atoms with Crippen LogP contribution in [-0.2, 0) is 17.1 Å². The molecule has 3 atom stereocenters. The molecule has 0 radical (unpaired) electrons. The molecule has 0 saturated carbocycles. The van der Waals surface area contributed by atoms with Gasteiger partial charge in [0, 0.05) is 17.3 Å². The third-order valence-electron chi connectivity index (χ3n) is 7.10. The SMILES string of the molecule is COc1ncccc1-c1ccc(C(F)(F)F)cc1[C@@H]1CC[C@H]2[C@@H](c3cc(C(F)F)cc(C(F)(F)F)c3)OC(=O)N12. The zero-order chi connectivity index (χ0) is 29.0. The van der Waals surface area contributed by atoms with Gasteiger partial charge in [-0.15, -0.1) is 0 Å².